The van der Waals surface area contributed by atoms with Gasteiger partial charge in [0.25, 0.3) is 0 Å². The van der Waals surface area contributed by atoms with E-state index < -0.39 is 220 Å². The summed E-state index contributed by atoms with van der Waals surface area (Å²) in [5.41, 5.74) is -3.46. The highest BCUT2D eigenvalue weighted by Crippen LogP contribution is 2.89. The lowest BCUT2D eigenvalue weighted by Gasteiger charge is -2.64. The van der Waals surface area contributed by atoms with Crippen LogP contribution in [-0.4, -0.2) is 296 Å². The van der Waals surface area contributed by atoms with Gasteiger partial charge in [0.05, 0.1) is 62.5 Å². The lowest BCUT2D eigenvalue weighted by Crippen LogP contribution is -2.66. The number of rotatable bonds is 16. The third-order valence-corrected chi connectivity index (χ3v) is 24.9. The Labute approximate surface area is 511 Å². The molecule has 18 N–H and O–H groups in total. The Morgan fingerprint density at radius 3 is 1.52 bits per heavy atom. The second-order valence-corrected chi connectivity index (χ2v) is 29.5. The molecule has 0 unspecified atom stereocenters. The molecule has 5 heterocycles. The van der Waals surface area contributed by atoms with Crippen molar-refractivity contribution in [3.8, 4) is 0 Å². The van der Waals surface area contributed by atoms with Crippen molar-refractivity contribution in [2.75, 3.05) is 26.4 Å². The summed E-state index contributed by atoms with van der Waals surface area (Å²) in [5.74, 6) is -1.45. The maximum Gasteiger partial charge on any atom is 0.187 e. The molecule has 38 atom stereocenters. The van der Waals surface area contributed by atoms with Crippen molar-refractivity contribution < 1.29 is 139 Å². The Bertz CT molecular complexity index is 2390. The molecule has 11 aliphatic rings. The SMILES string of the molecule is C[C@@H]1O[C@@H](OC[C@H]2O[C@@H](O[C@H]3CC[C@]45C[C@]46CC[C@]4(C)[C@@H]([C@@H]7[C@@H](O)[C@H](C(C)(C)O)C[C@@H]7O[C@@H]7O[C@H](CO)[C@@H](O)[C@H](O)[C@H]7O[C@@H]7O[C@H](CO)[C@@H](O)[C@H](O)[C@H]7O)CC[C@@]4(C)[C@@H]6CC[C@H]5[C@@]3(C)CO)[C@H](O[C@@H]3O[C@@H](C)[C@H](O)[C@@H](O)[C@H]3O)[C@@H](O)[C@@H]2O)[C@H](O)[C@H](O)[C@H]1O. The Hall–Kier alpha value is -1.12. The molecular formula is C60H100O28. The molecule has 5 aliphatic heterocycles. The van der Waals surface area contributed by atoms with Gasteiger partial charge in [0.2, 0.25) is 0 Å². The highest BCUT2D eigenvalue weighted by atomic mass is 16.8. The fraction of sp³-hybridized carbons (Fsp3) is 1.00. The molecule has 11 rings (SSSR count). The zero-order chi connectivity index (χ0) is 64.0. The molecule has 88 heavy (non-hydrogen) atoms. The van der Waals surface area contributed by atoms with Crippen molar-refractivity contribution in [1.29, 1.82) is 0 Å². The van der Waals surface area contributed by atoms with Gasteiger partial charge in [-0.3, -0.25) is 0 Å². The van der Waals surface area contributed by atoms with Gasteiger partial charge < -0.3 is 139 Å². The van der Waals surface area contributed by atoms with Gasteiger partial charge >= 0.3 is 0 Å². The van der Waals surface area contributed by atoms with Gasteiger partial charge in [-0.1, -0.05) is 20.8 Å². The van der Waals surface area contributed by atoms with E-state index in [-0.39, 0.29) is 47.0 Å². The van der Waals surface area contributed by atoms with Crippen molar-refractivity contribution in [2.45, 2.75) is 290 Å². The van der Waals surface area contributed by atoms with E-state index >= 15 is 0 Å². The first-order valence-corrected chi connectivity index (χ1v) is 31.9. The van der Waals surface area contributed by atoms with Crippen molar-refractivity contribution in [2.24, 2.45) is 56.7 Å². The van der Waals surface area contributed by atoms with Crippen LogP contribution in [0.15, 0.2) is 0 Å². The molecule has 28 heteroatoms. The standard InChI is InChI=1S/C60H100O28/c1-22-34(64)40(70)45(75)50(80-22)79-19-29-39(69)44(74)49(87-51-46(76)41(71)35(65)23(2)81-51)54(85-29)86-32-11-13-59-20-60(59)15-14-57(6)24(10-12-58(57,7)31(60)9-8-30(59)56(32,5)21-63)33-26(16-25(36(33)66)55(3,4)78)82-53-48(43(73)38(68)28(18-62)84-53)88-52-47(77)42(72)37(67)27(17-61)83-52/h22-54,61-78H,8-21H2,1-7H3/t22-,23-,24+,25+,26-,27+,28+,29+,30-,31-,32-,33-,34-,35-,36-,37+,38+,39+,40+,41+,42-,43-,44-,45+,46+,47+,48+,49+,50+,51-,52-,53+,54-,56+,57+,58-,59+,60-/m0/s1. The van der Waals surface area contributed by atoms with Crippen LogP contribution in [0, 0.1) is 56.7 Å². The van der Waals surface area contributed by atoms with Crippen LogP contribution in [0.3, 0.4) is 0 Å². The minimum absolute atomic E-state index is 0.0929. The summed E-state index contributed by atoms with van der Waals surface area (Å²) in [4.78, 5) is 0. The molecule has 6 saturated carbocycles. The molecule has 6 aliphatic carbocycles. The number of aliphatic hydroxyl groups excluding tert-OH is 17. The monoisotopic (exact) mass is 1270 g/mol. The first-order chi connectivity index (χ1) is 41.3. The summed E-state index contributed by atoms with van der Waals surface area (Å²) < 4.78 is 61.4. The molecule has 0 aromatic heterocycles. The molecule has 0 bridgehead atoms. The number of aliphatic hydroxyl groups is 18. The summed E-state index contributed by atoms with van der Waals surface area (Å²) in [6.45, 7) is 10.4. The van der Waals surface area contributed by atoms with E-state index in [4.69, 9.17) is 47.4 Å². The van der Waals surface area contributed by atoms with Gasteiger partial charge in [-0.2, -0.15) is 0 Å². The van der Waals surface area contributed by atoms with Gasteiger partial charge in [0.15, 0.2) is 31.5 Å². The third kappa shape index (κ3) is 10.8. The van der Waals surface area contributed by atoms with E-state index in [0.717, 1.165) is 32.1 Å². The topological polar surface area (TPSA) is 456 Å². The molecule has 0 aromatic rings. The van der Waals surface area contributed by atoms with Crippen LogP contribution in [0.25, 0.3) is 0 Å². The van der Waals surface area contributed by atoms with Crippen LogP contribution in [-0.2, 0) is 47.4 Å². The zero-order valence-corrected chi connectivity index (χ0v) is 51.1. The van der Waals surface area contributed by atoms with Crippen LogP contribution in [0.4, 0.5) is 0 Å². The molecule has 5 saturated heterocycles. The normalized spacial score (nSPS) is 58.1. The highest BCUT2D eigenvalue weighted by Gasteiger charge is 2.83. The highest BCUT2D eigenvalue weighted by molar-refractivity contribution is 5.31. The van der Waals surface area contributed by atoms with Gasteiger partial charge in [0, 0.05) is 17.3 Å². The van der Waals surface area contributed by atoms with Crippen molar-refractivity contribution in [3.63, 3.8) is 0 Å². The summed E-state index contributed by atoms with van der Waals surface area (Å²) in [6, 6.07) is 0. The predicted molar refractivity (Wildman–Crippen MR) is 295 cm³/mol. The molecule has 0 radical (unpaired) electrons. The lowest BCUT2D eigenvalue weighted by molar-refractivity contribution is -0.380. The van der Waals surface area contributed by atoms with Gasteiger partial charge in [-0.25, -0.2) is 0 Å². The molecule has 2 spiro atoms. The van der Waals surface area contributed by atoms with Crippen LogP contribution >= 0.6 is 0 Å². The average molecular weight is 1270 g/mol. The van der Waals surface area contributed by atoms with E-state index in [2.05, 4.69) is 13.8 Å². The smallest absolute Gasteiger partial charge is 0.187 e. The lowest BCUT2D eigenvalue weighted by atomic mass is 9.41. The Morgan fingerprint density at radius 1 is 0.455 bits per heavy atom. The fourth-order valence-electron chi connectivity index (χ4n) is 19.5. The van der Waals surface area contributed by atoms with Crippen molar-refractivity contribution >= 4 is 0 Å². The van der Waals surface area contributed by atoms with E-state index in [0.29, 0.717) is 25.7 Å². The summed E-state index contributed by atoms with van der Waals surface area (Å²) in [5, 5.41) is 198. The molecule has 11 fully saturated rings. The van der Waals surface area contributed by atoms with E-state index in [1.165, 1.54) is 13.8 Å². The number of hydrogen-bond donors (Lipinski definition) is 18. The van der Waals surface area contributed by atoms with E-state index in [1.807, 2.05) is 6.92 Å². The van der Waals surface area contributed by atoms with Crippen LogP contribution in [0.5, 0.6) is 0 Å². The average Bonchev–Trinajstić information content (AvgIpc) is 1.48. The molecule has 28 nitrogen and oxygen atoms in total. The summed E-state index contributed by atoms with van der Waals surface area (Å²) in [7, 11) is 0. The van der Waals surface area contributed by atoms with Gasteiger partial charge in [-0.15, -0.1) is 0 Å². The van der Waals surface area contributed by atoms with Crippen LogP contribution in [0.1, 0.15) is 113 Å². The largest absolute Gasteiger partial charge is 0.396 e. The fourth-order valence-corrected chi connectivity index (χ4v) is 19.5. The molecular weight excluding hydrogens is 1170 g/mol. The molecule has 508 valence electrons. The molecule has 0 amide bonds. The summed E-state index contributed by atoms with van der Waals surface area (Å²) in [6.07, 6.45) is -35.9. The first kappa shape index (κ1) is 68.3. The quantitative estimate of drug-likeness (QED) is 0.0644. The maximum absolute atomic E-state index is 12.6. The Kier molecular flexibility index (Phi) is 19.3. The second-order valence-electron chi connectivity index (χ2n) is 29.5. The maximum atomic E-state index is 12.6. The minimum Gasteiger partial charge on any atom is -0.396 e. The van der Waals surface area contributed by atoms with E-state index in [1.54, 1.807) is 13.8 Å². The Balaban J connectivity index is 0.835. The number of hydrogen-bond acceptors (Lipinski definition) is 28. The van der Waals surface area contributed by atoms with E-state index in [9.17, 15) is 91.9 Å². The number of ether oxygens (including phenoxy) is 10. The summed E-state index contributed by atoms with van der Waals surface area (Å²) >= 11 is 0. The zero-order valence-electron chi connectivity index (χ0n) is 51.1. The second kappa shape index (κ2) is 24.8. The van der Waals surface area contributed by atoms with Crippen molar-refractivity contribution in [3.05, 3.63) is 0 Å². The molecule has 0 aromatic carbocycles. The number of fused-ring (bicyclic) bond motifs is 2. The van der Waals surface area contributed by atoms with Crippen molar-refractivity contribution in [1.82, 2.24) is 0 Å². The Morgan fingerprint density at radius 2 is 0.943 bits per heavy atom. The van der Waals surface area contributed by atoms with Crippen LogP contribution < -0.4 is 0 Å². The van der Waals surface area contributed by atoms with Gasteiger partial charge in [0.1, 0.15) is 110 Å². The van der Waals surface area contributed by atoms with Gasteiger partial charge in [-0.05, 0) is 131 Å². The predicted octanol–water partition coefficient (Wildman–Crippen LogP) is -4.94. The third-order valence-electron chi connectivity index (χ3n) is 24.9. The van der Waals surface area contributed by atoms with Crippen LogP contribution in [0.2, 0.25) is 0 Å². The minimum atomic E-state index is -1.89. The first-order valence-electron chi connectivity index (χ1n) is 31.9.